The standard InChI is InChI=1S/C17H13ClN2O3S/c1-23-15-7-6-10(9-14(15)21)8-12-16(22)20(17(24)19-12)13-5-3-2-4-11(13)18/h2-9,21H,1H3,(H,19,24)/b12-8+. The van der Waals surface area contributed by atoms with Gasteiger partial charge in [-0.25, -0.2) is 0 Å². The van der Waals surface area contributed by atoms with E-state index in [0.29, 0.717) is 27.7 Å². The van der Waals surface area contributed by atoms with Crippen LogP contribution in [0.5, 0.6) is 11.5 Å². The van der Waals surface area contributed by atoms with E-state index in [2.05, 4.69) is 5.32 Å². The van der Waals surface area contributed by atoms with Gasteiger partial charge in [-0.1, -0.05) is 29.8 Å². The lowest BCUT2D eigenvalue weighted by molar-refractivity contribution is -0.113. The van der Waals surface area contributed by atoms with Crippen molar-refractivity contribution >= 4 is 46.6 Å². The molecule has 1 heterocycles. The quantitative estimate of drug-likeness (QED) is 0.649. The van der Waals surface area contributed by atoms with E-state index in [0.717, 1.165) is 0 Å². The predicted molar refractivity (Wildman–Crippen MR) is 97.3 cm³/mol. The average molecular weight is 361 g/mol. The van der Waals surface area contributed by atoms with Crippen molar-refractivity contribution in [3.05, 3.63) is 58.7 Å². The highest BCUT2D eigenvalue weighted by atomic mass is 35.5. The molecule has 0 unspecified atom stereocenters. The summed E-state index contributed by atoms with van der Waals surface area (Å²) in [7, 11) is 1.47. The number of benzene rings is 2. The number of aromatic hydroxyl groups is 1. The number of thiocarbonyl (C=S) groups is 1. The molecule has 1 saturated heterocycles. The Labute approximate surface area is 149 Å². The van der Waals surface area contributed by atoms with Gasteiger partial charge >= 0.3 is 0 Å². The van der Waals surface area contributed by atoms with E-state index in [1.54, 1.807) is 42.5 Å². The van der Waals surface area contributed by atoms with Gasteiger partial charge in [-0.15, -0.1) is 0 Å². The molecule has 5 nitrogen and oxygen atoms in total. The third-order valence-corrected chi connectivity index (χ3v) is 4.09. The monoisotopic (exact) mass is 360 g/mol. The number of amides is 1. The maximum Gasteiger partial charge on any atom is 0.281 e. The Bertz CT molecular complexity index is 867. The van der Waals surface area contributed by atoms with Crippen LogP contribution in [0.15, 0.2) is 48.2 Å². The van der Waals surface area contributed by atoms with Gasteiger partial charge in [0.05, 0.1) is 17.8 Å². The zero-order valence-electron chi connectivity index (χ0n) is 12.6. The normalized spacial score (nSPS) is 15.8. The number of ether oxygens (including phenoxy) is 1. The second-order valence-electron chi connectivity index (χ2n) is 5.01. The molecule has 1 amide bonds. The van der Waals surface area contributed by atoms with Crippen molar-refractivity contribution in [3.63, 3.8) is 0 Å². The predicted octanol–water partition coefficient (Wildman–Crippen LogP) is 3.32. The minimum absolute atomic E-state index is 0.0113. The maximum atomic E-state index is 12.6. The van der Waals surface area contributed by atoms with Crippen LogP contribution < -0.4 is 15.0 Å². The first kappa shape index (κ1) is 16.3. The van der Waals surface area contributed by atoms with Crippen LogP contribution in [0.4, 0.5) is 5.69 Å². The molecular weight excluding hydrogens is 348 g/mol. The van der Waals surface area contributed by atoms with Gasteiger partial charge < -0.3 is 15.2 Å². The molecule has 2 aromatic carbocycles. The third kappa shape index (κ3) is 2.93. The fourth-order valence-corrected chi connectivity index (χ4v) is 2.86. The van der Waals surface area contributed by atoms with Gasteiger partial charge in [-0.2, -0.15) is 0 Å². The number of methoxy groups -OCH3 is 1. The van der Waals surface area contributed by atoms with E-state index in [1.807, 2.05) is 0 Å². The molecule has 0 saturated carbocycles. The number of phenols is 1. The summed E-state index contributed by atoms with van der Waals surface area (Å²) in [6.45, 7) is 0. The second-order valence-corrected chi connectivity index (χ2v) is 5.81. The average Bonchev–Trinajstić information content (AvgIpc) is 2.82. The Morgan fingerprint density at radius 3 is 2.71 bits per heavy atom. The van der Waals surface area contributed by atoms with Crippen LogP contribution in [0.2, 0.25) is 5.02 Å². The first-order valence-electron chi connectivity index (χ1n) is 7.00. The number of anilines is 1. The molecule has 7 heteroatoms. The highest BCUT2D eigenvalue weighted by Gasteiger charge is 2.33. The number of nitrogens with one attached hydrogen (secondary N) is 1. The molecule has 1 aliphatic rings. The summed E-state index contributed by atoms with van der Waals surface area (Å²) < 4.78 is 5.00. The summed E-state index contributed by atoms with van der Waals surface area (Å²) in [5.74, 6) is 0.0299. The topological polar surface area (TPSA) is 61.8 Å². The Kier molecular flexibility index (Phi) is 4.42. The third-order valence-electron chi connectivity index (χ3n) is 3.49. The van der Waals surface area contributed by atoms with Crippen LogP contribution in [-0.4, -0.2) is 23.2 Å². The van der Waals surface area contributed by atoms with Gasteiger partial charge in [0.1, 0.15) is 5.70 Å². The molecule has 0 aromatic heterocycles. The number of carbonyl (C=O) groups excluding carboxylic acids is 1. The molecule has 0 bridgehead atoms. The molecular formula is C17H13ClN2O3S. The van der Waals surface area contributed by atoms with Crippen LogP contribution in [0, 0.1) is 0 Å². The van der Waals surface area contributed by atoms with Crippen LogP contribution in [0.1, 0.15) is 5.56 Å². The van der Waals surface area contributed by atoms with Crippen LogP contribution in [-0.2, 0) is 4.79 Å². The number of halogens is 1. The number of nitrogens with zero attached hydrogens (tertiary/aromatic N) is 1. The Balaban J connectivity index is 1.94. The summed E-state index contributed by atoms with van der Waals surface area (Å²) in [5.41, 5.74) is 1.44. The molecule has 0 atom stereocenters. The summed E-state index contributed by atoms with van der Waals surface area (Å²) in [4.78, 5) is 14.0. The lowest BCUT2D eigenvalue weighted by Crippen LogP contribution is -2.30. The Morgan fingerprint density at radius 2 is 2.04 bits per heavy atom. The Morgan fingerprint density at radius 1 is 1.29 bits per heavy atom. The van der Waals surface area contributed by atoms with Gasteiger partial charge in [-0.3, -0.25) is 9.69 Å². The lowest BCUT2D eigenvalue weighted by atomic mass is 10.1. The summed E-state index contributed by atoms with van der Waals surface area (Å²) in [5, 5.41) is 13.4. The molecule has 24 heavy (non-hydrogen) atoms. The number of para-hydroxylation sites is 1. The number of carbonyl (C=O) groups is 1. The second kappa shape index (κ2) is 6.51. The number of rotatable bonds is 3. The molecule has 2 aromatic rings. The molecule has 1 aliphatic heterocycles. The van der Waals surface area contributed by atoms with Crippen molar-refractivity contribution < 1.29 is 14.6 Å². The maximum absolute atomic E-state index is 12.6. The van der Waals surface area contributed by atoms with Gasteiger partial charge in [0.25, 0.3) is 5.91 Å². The van der Waals surface area contributed by atoms with E-state index in [4.69, 9.17) is 28.6 Å². The smallest absolute Gasteiger partial charge is 0.281 e. The molecule has 0 radical (unpaired) electrons. The first-order chi connectivity index (χ1) is 11.5. The van der Waals surface area contributed by atoms with E-state index in [9.17, 15) is 9.90 Å². The van der Waals surface area contributed by atoms with Crippen LogP contribution >= 0.6 is 23.8 Å². The van der Waals surface area contributed by atoms with Gasteiger partial charge in [-0.05, 0) is 48.1 Å². The van der Waals surface area contributed by atoms with E-state index >= 15 is 0 Å². The van der Waals surface area contributed by atoms with Crippen molar-refractivity contribution in [2.45, 2.75) is 0 Å². The summed E-state index contributed by atoms with van der Waals surface area (Å²) in [6, 6.07) is 11.8. The van der Waals surface area contributed by atoms with Crippen molar-refractivity contribution in [3.8, 4) is 11.5 Å². The van der Waals surface area contributed by atoms with Gasteiger partial charge in [0.15, 0.2) is 16.6 Å². The van der Waals surface area contributed by atoms with Gasteiger partial charge in [0.2, 0.25) is 0 Å². The summed E-state index contributed by atoms with van der Waals surface area (Å²) >= 11 is 11.4. The van der Waals surface area contributed by atoms with Gasteiger partial charge in [0, 0.05) is 0 Å². The SMILES string of the molecule is COc1ccc(/C=C2/NC(=S)N(c3ccccc3Cl)C2=O)cc1O. The largest absolute Gasteiger partial charge is 0.504 e. The van der Waals surface area contributed by atoms with Crippen molar-refractivity contribution in [2.75, 3.05) is 12.0 Å². The fourth-order valence-electron chi connectivity index (χ4n) is 2.35. The van der Waals surface area contributed by atoms with Crippen molar-refractivity contribution in [1.82, 2.24) is 5.32 Å². The molecule has 2 N–H and O–H groups in total. The molecule has 0 spiro atoms. The Hall–Kier alpha value is -2.57. The fraction of sp³-hybridized carbons (Fsp3) is 0.0588. The minimum Gasteiger partial charge on any atom is -0.504 e. The molecule has 3 rings (SSSR count). The van der Waals surface area contributed by atoms with E-state index < -0.39 is 0 Å². The molecule has 122 valence electrons. The zero-order chi connectivity index (χ0) is 17.3. The summed E-state index contributed by atoms with van der Waals surface area (Å²) in [6.07, 6.45) is 1.60. The van der Waals surface area contributed by atoms with Crippen LogP contribution in [0.3, 0.4) is 0 Å². The minimum atomic E-state index is -0.316. The zero-order valence-corrected chi connectivity index (χ0v) is 14.2. The van der Waals surface area contributed by atoms with Crippen molar-refractivity contribution in [2.24, 2.45) is 0 Å². The first-order valence-corrected chi connectivity index (χ1v) is 7.78. The number of hydrogen-bond donors (Lipinski definition) is 2. The van der Waals surface area contributed by atoms with E-state index in [-0.39, 0.29) is 16.8 Å². The highest BCUT2D eigenvalue weighted by molar-refractivity contribution is 7.80. The van der Waals surface area contributed by atoms with Crippen LogP contribution in [0.25, 0.3) is 6.08 Å². The number of hydrogen-bond acceptors (Lipinski definition) is 4. The van der Waals surface area contributed by atoms with E-state index in [1.165, 1.54) is 18.1 Å². The highest BCUT2D eigenvalue weighted by Crippen LogP contribution is 2.30. The molecule has 0 aliphatic carbocycles. The van der Waals surface area contributed by atoms with Crippen molar-refractivity contribution in [1.29, 1.82) is 0 Å². The number of phenolic OH excluding ortho intramolecular Hbond substituents is 1. The lowest BCUT2D eigenvalue weighted by Gasteiger charge is -2.15. The molecule has 1 fully saturated rings.